The molecule has 29 heavy (non-hydrogen) atoms. The molecule has 1 amide bonds. The van der Waals surface area contributed by atoms with Crippen LogP contribution in [-0.4, -0.2) is 27.0 Å². The van der Waals surface area contributed by atoms with Gasteiger partial charge in [0.05, 0.1) is 5.57 Å². The average Bonchev–Trinajstić information content (AvgIpc) is 3.23. The van der Waals surface area contributed by atoms with Crippen molar-refractivity contribution in [3.63, 3.8) is 0 Å². The lowest BCUT2D eigenvalue weighted by Gasteiger charge is -2.22. The highest BCUT2D eigenvalue weighted by atomic mass is 32.1. The van der Waals surface area contributed by atoms with Crippen molar-refractivity contribution in [1.29, 1.82) is 0 Å². The van der Waals surface area contributed by atoms with Crippen LogP contribution in [0, 0.1) is 19.7 Å². The van der Waals surface area contributed by atoms with Gasteiger partial charge in [0, 0.05) is 11.1 Å². The maximum atomic E-state index is 14.7. The van der Waals surface area contributed by atoms with Crippen LogP contribution in [0.25, 0.3) is 5.76 Å². The fourth-order valence-electron chi connectivity index (χ4n) is 3.27. The Balaban J connectivity index is 1.97. The topological polar surface area (TPSA) is 83.4 Å². The van der Waals surface area contributed by atoms with Crippen LogP contribution in [-0.2, 0) is 9.59 Å². The molecule has 8 heteroatoms. The first kappa shape index (κ1) is 18.9. The number of Topliss-reactive ketones (excluding diaryl/α,β-unsaturated/α-hetero) is 1. The predicted molar refractivity (Wildman–Crippen MR) is 107 cm³/mol. The number of amides is 1. The van der Waals surface area contributed by atoms with Gasteiger partial charge in [-0.2, -0.15) is 0 Å². The molecule has 1 aliphatic rings. The number of aryl methyl sites for hydroxylation is 2. The molecule has 0 saturated carbocycles. The van der Waals surface area contributed by atoms with E-state index in [-0.39, 0.29) is 22.0 Å². The second kappa shape index (κ2) is 7.21. The van der Waals surface area contributed by atoms with Gasteiger partial charge in [0.25, 0.3) is 5.78 Å². The Hall–Kier alpha value is -3.39. The minimum atomic E-state index is -1.15. The molecular weight excluding hydrogens is 393 g/mol. The first-order valence-electron chi connectivity index (χ1n) is 8.81. The molecule has 1 atom stereocenters. The zero-order chi connectivity index (χ0) is 20.7. The number of ketones is 1. The van der Waals surface area contributed by atoms with E-state index in [2.05, 4.69) is 10.2 Å². The smallest absolute Gasteiger partial charge is 0.301 e. The van der Waals surface area contributed by atoms with E-state index in [1.165, 1.54) is 18.2 Å². The molecule has 3 aromatic rings. The van der Waals surface area contributed by atoms with Gasteiger partial charge in [-0.15, -0.1) is 10.2 Å². The van der Waals surface area contributed by atoms with E-state index in [1.54, 1.807) is 37.3 Å². The van der Waals surface area contributed by atoms with Crippen LogP contribution in [0.4, 0.5) is 9.52 Å². The number of hydrogen-bond acceptors (Lipinski definition) is 6. The SMILES string of the molecule is Cc1ccc(/C(O)=C2/C(=O)C(=O)N(c3nnc(C)s3)C2c2ccccc2F)cc1. The minimum Gasteiger partial charge on any atom is -0.507 e. The summed E-state index contributed by atoms with van der Waals surface area (Å²) in [5, 5.41) is 19.5. The molecule has 2 heterocycles. The van der Waals surface area contributed by atoms with Gasteiger partial charge in [-0.25, -0.2) is 4.39 Å². The Labute approximate surface area is 169 Å². The molecule has 1 saturated heterocycles. The number of aliphatic hydroxyl groups excluding tert-OH is 1. The van der Waals surface area contributed by atoms with Gasteiger partial charge in [-0.05, 0) is 19.9 Å². The van der Waals surface area contributed by atoms with Crippen LogP contribution < -0.4 is 4.90 Å². The third-order valence-corrected chi connectivity index (χ3v) is 5.53. The largest absolute Gasteiger partial charge is 0.507 e. The summed E-state index contributed by atoms with van der Waals surface area (Å²) in [5.41, 5.74) is 1.24. The minimum absolute atomic E-state index is 0.0909. The summed E-state index contributed by atoms with van der Waals surface area (Å²) in [5.74, 6) is -2.74. The number of nitrogens with zero attached hydrogens (tertiary/aromatic N) is 3. The quantitative estimate of drug-likeness (QED) is 0.403. The molecule has 1 aromatic heterocycles. The van der Waals surface area contributed by atoms with E-state index < -0.39 is 23.5 Å². The molecule has 4 rings (SSSR count). The Morgan fingerprint density at radius 1 is 1.07 bits per heavy atom. The van der Waals surface area contributed by atoms with E-state index in [0.29, 0.717) is 10.6 Å². The second-order valence-electron chi connectivity index (χ2n) is 6.66. The zero-order valence-corrected chi connectivity index (χ0v) is 16.4. The van der Waals surface area contributed by atoms with Gasteiger partial charge >= 0.3 is 5.91 Å². The van der Waals surface area contributed by atoms with Crippen molar-refractivity contribution in [2.75, 3.05) is 4.90 Å². The van der Waals surface area contributed by atoms with E-state index in [9.17, 15) is 19.1 Å². The average molecular weight is 409 g/mol. The fraction of sp³-hybridized carbons (Fsp3) is 0.143. The monoisotopic (exact) mass is 409 g/mol. The fourth-order valence-corrected chi connectivity index (χ4v) is 3.99. The summed E-state index contributed by atoms with van der Waals surface area (Å²) in [7, 11) is 0. The molecule has 146 valence electrons. The van der Waals surface area contributed by atoms with Gasteiger partial charge in [0.2, 0.25) is 5.13 Å². The molecule has 6 nitrogen and oxygen atoms in total. The predicted octanol–water partition coefficient (Wildman–Crippen LogP) is 3.92. The summed E-state index contributed by atoms with van der Waals surface area (Å²) >= 11 is 1.11. The highest BCUT2D eigenvalue weighted by Crippen LogP contribution is 2.43. The molecule has 1 unspecified atom stereocenters. The van der Waals surface area contributed by atoms with Crippen molar-refractivity contribution in [3.05, 3.63) is 81.6 Å². The number of benzene rings is 2. The van der Waals surface area contributed by atoms with Crippen molar-refractivity contribution in [2.24, 2.45) is 0 Å². The highest BCUT2D eigenvalue weighted by Gasteiger charge is 2.49. The Bertz CT molecular complexity index is 1150. The van der Waals surface area contributed by atoms with Gasteiger partial charge in [-0.3, -0.25) is 14.5 Å². The first-order valence-corrected chi connectivity index (χ1v) is 9.62. The van der Waals surface area contributed by atoms with Crippen LogP contribution in [0.15, 0.2) is 54.1 Å². The number of carbonyl (C=O) groups is 2. The third kappa shape index (κ3) is 3.21. The van der Waals surface area contributed by atoms with Crippen molar-refractivity contribution in [3.8, 4) is 0 Å². The number of carbonyl (C=O) groups excluding carboxylic acids is 2. The lowest BCUT2D eigenvalue weighted by Crippen LogP contribution is -2.29. The van der Waals surface area contributed by atoms with Crippen LogP contribution >= 0.6 is 11.3 Å². The van der Waals surface area contributed by atoms with Crippen LogP contribution in [0.5, 0.6) is 0 Å². The Morgan fingerprint density at radius 2 is 1.76 bits per heavy atom. The summed E-state index contributed by atoms with van der Waals surface area (Å²) in [6.45, 7) is 3.60. The van der Waals surface area contributed by atoms with Gasteiger partial charge in [0.1, 0.15) is 22.6 Å². The lowest BCUT2D eigenvalue weighted by molar-refractivity contribution is -0.132. The van der Waals surface area contributed by atoms with Crippen LogP contribution in [0.3, 0.4) is 0 Å². The number of aromatic nitrogens is 2. The van der Waals surface area contributed by atoms with E-state index in [1.807, 2.05) is 6.92 Å². The molecule has 1 aliphatic heterocycles. The normalized spacial score (nSPS) is 18.4. The highest BCUT2D eigenvalue weighted by molar-refractivity contribution is 7.15. The van der Waals surface area contributed by atoms with E-state index in [4.69, 9.17) is 0 Å². The Morgan fingerprint density at radius 3 is 2.38 bits per heavy atom. The third-order valence-electron chi connectivity index (χ3n) is 4.69. The molecule has 0 spiro atoms. The maximum Gasteiger partial charge on any atom is 0.301 e. The summed E-state index contributed by atoms with van der Waals surface area (Å²) in [4.78, 5) is 26.9. The van der Waals surface area contributed by atoms with E-state index >= 15 is 0 Å². The van der Waals surface area contributed by atoms with Crippen molar-refractivity contribution in [2.45, 2.75) is 19.9 Å². The second-order valence-corrected chi connectivity index (χ2v) is 7.82. The zero-order valence-electron chi connectivity index (χ0n) is 15.6. The van der Waals surface area contributed by atoms with Crippen molar-refractivity contribution >= 4 is 33.9 Å². The number of aliphatic hydroxyl groups is 1. The van der Waals surface area contributed by atoms with Gasteiger partial charge in [0.15, 0.2) is 0 Å². The summed E-state index contributed by atoms with van der Waals surface area (Å²) in [6.07, 6.45) is 0. The molecule has 0 bridgehead atoms. The summed E-state index contributed by atoms with van der Waals surface area (Å²) in [6, 6.07) is 11.5. The van der Waals surface area contributed by atoms with Gasteiger partial charge < -0.3 is 5.11 Å². The van der Waals surface area contributed by atoms with Crippen molar-refractivity contribution in [1.82, 2.24) is 10.2 Å². The Kier molecular flexibility index (Phi) is 4.71. The molecule has 0 aliphatic carbocycles. The first-order chi connectivity index (χ1) is 13.9. The van der Waals surface area contributed by atoms with Gasteiger partial charge in [-0.1, -0.05) is 59.4 Å². The molecule has 0 radical (unpaired) electrons. The number of hydrogen-bond donors (Lipinski definition) is 1. The van der Waals surface area contributed by atoms with E-state index in [0.717, 1.165) is 21.8 Å². The number of rotatable bonds is 3. The molecule has 2 aromatic carbocycles. The number of anilines is 1. The number of halogens is 1. The van der Waals surface area contributed by atoms with Crippen LogP contribution in [0.1, 0.15) is 27.7 Å². The molecular formula is C21H16FN3O3S. The van der Waals surface area contributed by atoms with Crippen molar-refractivity contribution < 1.29 is 19.1 Å². The van der Waals surface area contributed by atoms with Crippen LogP contribution in [0.2, 0.25) is 0 Å². The maximum absolute atomic E-state index is 14.7. The standard InChI is InChI=1S/C21H16FN3O3S/c1-11-7-9-13(10-8-11)18(26)16-17(14-5-3-4-6-15(14)22)25(20(28)19(16)27)21-24-23-12(2)29-21/h3-10,17,26H,1-2H3/b18-16-. The molecule has 1 N–H and O–H groups in total. The lowest BCUT2D eigenvalue weighted by atomic mass is 9.95. The summed E-state index contributed by atoms with van der Waals surface area (Å²) < 4.78 is 14.7. The molecule has 1 fully saturated rings.